The normalized spacial score (nSPS) is 22.5. The van der Waals surface area contributed by atoms with Crippen LogP contribution in [0.1, 0.15) is 39.5 Å². The van der Waals surface area contributed by atoms with Gasteiger partial charge in [-0.15, -0.1) is 0 Å². The van der Waals surface area contributed by atoms with Crippen LogP contribution in [0.3, 0.4) is 0 Å². The third kappa shape index (κ3) is 3.72. The highest BCUT2D eigenvalue weighted by Gasteiger charge is 2.34. The van der Waals surface area contributed by atoms with Gasteiger partial charge in [0, 0.05) is 32.8 Å². The van der Waals surface area contributed by atoms with E-state index in [1.165, 1.54) is 32.4 Å². The Balaban J connectivity index is 2.30. The number of rotatable bonds is 7. The topological polar surface area (TPSA) is 38.5 Å². The van der Waals surface area contributed by atoms with Crippen molar-refractivity contribution in [2.24, 2.45) is 11.1 Å². The molecule has 1 saturated heterocycles. The fraction of sp³-hybridized carbons (Fsp3) is 1.00. The van der Waals surface area contributed by atoms with Gasteiger partial charge in [-0.1, -0.05) is 13.8 Å². The van der Waals surface area contributed by atoms with Gasteiger partial charge in [0.1, 0.15) is 0 Å². The Morgan fingerprint density at radius 1 is 1.38 bits per heavy atom. The molecule has 0 aromatic carbocycles. The molecule has 0 radical (unpaired) electrons. The van der Waals surface area contributed by atoms with Crippen molar-refractivity contribution >= 4 is 0 Å². The van der Waals surface area contributed by atoms with Crippen LogP contribution < -0.4 is 5.73 Å². The molecule has 1 aliphatic rings. The third-order valence-corrected chi connectivity index (χ3v) is 4.20. The summed E-state index contributed by atoms with van der Waals surface area (Å²) in [5, 5.41) is 0. The summed E-state index contributed by atoms with van der Waals surface area (Å²) < 4.78 is 5.06. The molecule has 96 valence electrons. The SMILES string of the molecule is CCC1(CC)CCN(CC(N)CCOC)C1. The quantitative estimate of drug-likeness (QED) is 0.723. The molecule has 0 aliphatic carbocycles. The van der Waals surface area contributed by atoms with Crippen LogP contribution in [0.5, 0.6) is 0 Å². The molecule has 0 aromatic rings. The van der Waals surface area contributed by atoms with E-state index >= 15 is 0 Å². The number of methoxy groups -OCH3 is 1. The van der Waals surface area contributed by atoms with Gasteiger partial charge in [0.25, 0.3) is 0 Å². The molecule has 0 amide bonds. The second-order valence-electron chi connectivity index (χ2n) is 5.23. The number of hydrogen-bond acceptors (Lipinski definition) is 3. The Hall–Kier alpha value is -0.120. The van der Waals surface area contributed by atoms with Gasteiger partial charge >= 0.3 is 0 Å². The van der Waals surface area contributed by atoms with Crippen molar-refractivity contribution in [1.29, 1.82) is 0 Å². The largest absolute Gasteiger partial charge is 0.385 e. The molecule has 0 spiro atoms. The van der Waals surface area contributed by atoms with Crippen molar-refractivity contribution in [2.45, 2.75) is 45.6 Å². The molecular weight excluding hydrogens is 200 g/mol. The highest BCUT2D eigenvalue weighted by Crippen LogP contribution is 2.36. The monoisotopic (exact) mass is 228 g/mol. The second kappa shape index (κ2) is 6.58. The molecule has 1 heterocycles. The Morgan fingerprint density at radius 3 is 2.56 bits per heavy atom. The Labute approximate surface area is 100 Å². The molecule has 1 unspecified atom stereocenters. The average Bonchev–Trinajstić information content (AvgIpc) is 2.70. The maximum Gasteiger partial charge on any atom is 0.0477 e. The predicted octanol–water partition coefficient (Wildman–Crippen LogP) is 1.86. The Kier molecular flexibility index (Phi) is 5.73. The van der Waals surface area contributed by atoms with Gasteiger partial charge < -0.3 is 15.4 Å². The summed E-state index contributed by atoms with van der Waals surface area (Å²) in [5.41, 5.74) is 6.66. The summed E-state index contributed by atoms with van der Waals surface area (Å²) in [6, 6.07) is 0.268. The Bertz CT molecular complexity index is 192. The van der Waals surface area contributed by atoms with Gasteiger partial charge in [-0.25, -0.2) is 0 Å². The minimum atomic E-state index is 0.268. The van der Waals surface area contributed by atoms with Crippen molar-refractivity contribution in [1.82, 2.24) is 4.90 Å². The van der Waals surface area contributed by atoms with Crippen LogP contribution in [-0.4, -0.2) is 44.3 Å². The van der Waals surface area contributed by atoms with Crippen molar-refractivity contribution in [3.05, 3.63) is 0 Å². The zero-order chi connectivity index (χ0) is 12.0. The van der Waals surface area contributed by atoms with Crippen molar-refractivity contribution in [3.8, 4) is 0 Å². The fourth-order valence-electron chi connectivity index (χ4n) is 2.70. The van der Waals surface area contributed by atoms with Crippen molar-refractivity contribution < 1.29 is 4.74 Å². The number of nitrogens with two attached hydrogens (primary N) is 1. The summed E-state index contributed by atoms with van der Waals surface area (Å²) in [6.07, 6.45) is 4.91. The second-order valence-corrected chi connectivity index (χ2v) is 5.23. The minimum absolute atomic E-state index is 0.268. The lowest BCUT2D eigenvalue weighted by Gasteiger charge is -2.27. The van der Waals surface area contributed by atoms with E-state index in [1.54, 1.807) is 7.11 Å². The maximum absolute atomic E-state index is 6.09. The molecule has 2 N–H and O–H groups in total. The van der Waals surface area contributed by atoms with Gasteiger partial charge in [-0.05, 0) is 37.6 Å². The smallest absolute Gasteiger partial charge is 0.0477 e. The number of hydrogen-bond donors (Lipinski definition) is 1. The van der Waals surface area contributed by atoms with Crippen LogP contribution in [0.4, 0.5) is 0 Å². The first kappa shape index (κ1) is 13.9. The first-order valence-corrected chi connectivity index (χ1v) is 6.62. The fourth-order valence-corrected chi connectivity index (χ4v) is 2.70. The third-order valence-electron chi connectivity index (χ3n) is 4.20. The lowest BCUT2D eigenvalue weighted by Crippen LogP contribution is -2.38. The van der Waals surface area contributed by atoms with Gasteiger partial charge in [0.15, 0.2) is 0 Å². The zero-order valence-corrected chi connectivity index (χ0v) is 11.2. The minimum Gasteiger partial charge on any atom is -0.385 e. The molecule has 1 rings (SSSR count). The van der Waals surface area contributed by atoms with E-state index in [-0.39, 0.29) is 6.04 Å². The molecule has 0 aromatic heterocycles. The van der Waals surface area contributed by atoms with Gasteiger partial charge in [0.2, 0.25) is 0 Å². The maximum atomic E-state index is 6.09. The summed E-state index contributed by atoms with van der Waals surface area (Å²) in [6.45, 7) is 8.91. The van der Waals surface area contributed by atoms with E-state index in [0.717, 1.165) is 19.6 Å². The summed E-state index contributed by atoms with van der Waals surface area (Å²) in [5.74, 6) is 0. The standard InChI is InChI=1S/C13H28N2O/c1-4-13(5-2)7-8-15(11-13)10-12(14)6-9-16-3/h12H,4-11,14H2,1-3H3. The molecule has 3 nitrogen and oxygen atoms in total. The average molecular weight is 228 g/mol. The molecule has 0 saturated carbocycles. The van der Waals surface area contributed by atoms with Crippen molar-refractivity contribution in [3.63, 3.8) is 0 Å². The van der Waals surface area contributed by atoms with E-state index in [2.05, 4.69) is 18.7 Å². The number of likely N-dealkylation sites (tertiary alicyclic amines) is 1. The molecule has 16 heavy (non-hydrogen) atoms. The van der Waals surface area contributed by atoms with E-state index in [0.29, 0.717) is 5.41 Å². The highest BCUT2D eigenvalue weighted by atomic mass is 16.5. The molecule has 1 atom stereocenters. The zero-order valence-electron chi connectivity index (χ0n) is 11.2. The predicted molar refractivity (Wildman–Crippen MR) is 68.5 cm³/mol. The van der Waals surface area contributed by atoms with E-state index < -0.39 is 0 Å². The van der Waals surface area contributed by atoms with Crippen LogP contribution in [0, 0.1) is 5.41 Å². The van der Waals surface area contributed by atoms with E-state index in [1.807, 2.05) is 0 Å². The first-order chi connectivity index (χ1) is 7.65. The number of nitrogens with zero attached hydrogens (tertiary/aromatic N) is 1. The summed E-state index contributed by atoms with van der Waals surface area (Å²) in [4.78, 5) is 2.54. The molecule has 3 heteroatoms. The van der Waals surface area contributed by atoms with Crippen LogP contribution in [0.2, 0.25) is 0 Å². The molecular formula is C13H28N2O. The number of ether oxygens (including phenoxy) is 1. The highest BCUT2D eigenvalue weighted by molar-refractivity contribution is 4.89. The molecule has 0 bridgehead atoms. The van der Waals surface area contributed by atoms with E-state index in [9.17, 15) is 0 Å². The lowest BCUT2D eigenvalue weighted by molar-refractivity contribution is 0.175. The molecule has 1 aliphatic heterocycles. The Morgan fingerprint density at radius 2 is 2.06 bits per heavy atom. The summed E-state index contributed by atoms with van der Waals surface area (Å²) >= 11 is 0. The van der Waals surface area contributed by atoms with Gasteiger partial charge in [0.05, 0.1) is 0 Å². The van der Waals surface area contributed by atoms with Crippen LogP contribution in [0.15, 0.2) is 0 Å². The van der Waals surface area contributed by atoms with E-state index in [4.69, 9.17) is 10.5 Å². The summed E-state index contributed by atoms with van der Waals surface area (Å²) in [7, 11) is 1.74. The molecule has 1 fully saturated rings. The van der Waals surface area contributed by atoms with Crippen LogP contribution in [-0.2, 0) is 4.74 Å². The van der Waals surface area contributed by atoms with Crippen molar-refractivity contribution in [2.75, 3.05) is 33.4 Å². The van der Waals surface area contributed by atoms with Crippen LogP contribution >= 0.6 is 0 Å². The van der Waals surface area contributed by atoms with Gasteiger partial charge in [-0.2, -0.15) is 0 Å². The van der Waals surface area contributed by atoms with Crippen LogP contribution in [0.25, 0.3) is 0 Å². The van der Waals surface area contributed by atoms with Gasteiger partial charge in [-0.3, -0.25) is 0 Å². The lowest BCUT2D eigenvalue weighted by atomic mass is 9.82. The first-order valence-electron chi connectivity index (χ1n) is 6.62.